The van der Waals surface area contributed by atoms with E-state index in [2.05, 4.69) is 20.6 Å². The number of benzene rings is 1. The van der Waals surface area contributed by atoms with Crippen molar-refractivity contribution in [1.82, 2.24) is 15.3 Å². The smallest absolute Gasteiger partial charge is 0.257 e. The molecule has 108 valence electrons. The number of rotatable bonds is 3. The van der Waals surface area contributed by atoms with Crippen LogP contribution in [0, 0.1) is 0 Å². The maximum absolute atomic E-state index is 5.34. The summed E-state index contributed by atoms with van der Waals surface area (Å²) < 4.78 is 5.34. The van der Waals surface area contributed by atoms with Crippen molar-refractivity contribution in [2.24, 2.45) is 0 Å². The quantitative estimate of drug-likeness (QED) is 0.909. The topological polar surface area (TPSA) is 59.1 Å². The molecule has 1 saturated heterocycles. The minimum Gasteiger partial charge on any atom is -0.478 e. The fraction of sp³-hybridized carbons (Fsp3) is 0.429. The Morgan fingerprint density at radius 3 is 2.65 bits per heavy atom. The number of anilines is 1. The van der Waals surface area contributed by atoms with Crippen LogP contribution in [-0.4, -0.2) is 36.2 Å². The number of hydrogen-bond donors (Lipinski definition) is 2. The zero-order valence-corrected chi connectivity index (χ0v) is 12.2. The molecular formula is C14H19ClN4O. The van der Waals surface area contributed by atoms with Gasteiger partial charge in [-0.05, 0) is 31.5 Å². The highest BCUT2D eigenvalue weighted by Crippen LogP contribution is 2.24. The second-order valence-corrected chi connectivity index (χ2v) is 4.76. The molecule has 1 atom stereocenters. The van der Waals surface area contributed by atoms with E-state index in [0.29, 0.717) is 11.9 Å². The lowest BCUT2D eigenvalue weighted by atomic mass is 10.1. The van der Waals surface area contributed by atoms with E-state index in [-0.39, 0.29) is 12.4 Å². The third-order valence-corrected chi connectivity index (χ3v) is 3.37. The van der Waals surface area contributed by atoms with E-state index in [1.54, 1.807) is 7.11 Å². The van der Waals surface area contributed by atoms with Gasteiger partial charge in [0.25, 0.3) is 5.88 Å². The number of para-hydroxylation sites is 2. The lowest BCUT2D eigenvalue weighted by molar-refractivity contribution is 0.397. The fourth-order valence-electron chi connectivity index (χ4n) is 2.39. The van der Waals surface area contributed by atoms with Crippen molar-refractivity contribution in [1.29, 1.82) is 0 Å². The zero-order chi connectivity index (χ0) is 13.1. The molecule has 1 aromatic heterocycles. The first kappa shape index (κ1) is 14.8. The monoisotopic (exact) mass is 294 g/mol. The van der Waals surface area contributed by atoms with Crippen LogP contribution in [0.15, 0.2) is 24.3 Å². The molecular weight excluding hydrogens is 276 g/mol. The molecule has 3 rings (SSSR count). The number of ether oxygens (including phenoxy) is 1. The van der Waals surface area contributed by atoms with Crippen LogP contribution in [0.5, 0.6) is 5.88 Å². The van der Waals surface area contributed by atoms with Crippen molar-refractivity contribution in [2.45, 2.75) is 18.9 Å². The SMILES string of the molecule is COc1nc2ccccc2nc1N[C@@H]1CCCNC1.Cl. The molecule has 20 heavy (non-hydrogen) atoms. The number of halogens is 1. The summed E-state index contributed by atoms with van der Waals surface area (Å²) in [5.74, 6) is 1.29. The van der Waals surface area contributed by atoms with Crippen LogP contribution in [0.2, 0.25) is 0 Å². The number of methoxy groups -OCH3 is 1. The standard InChI is InChI=1S/C14H18N4O.ClH/c1-19-14-13(16-10-5-4-8-15-9-10)17-11-6-2-3-7-12(11)18-14;/h2-3,6-7,10,15H,4-5,8-9H2,1H3,(H,16,17);1H/t10-;/m1./s1. The number of nitrogens with one attached hydrogen (secondary N) is 2. The summed E-state index contributed by atoms with van der Waals surface area (Å²) in [6.45, 7) is 2.05. The van der Waals surface area contributed by atoms with Crippen LogP contribution in [-0.2, 0) is 0 Å². The average molecular weight is 295 g/mol. The van der Waals surface area contributed by atoms with Gasteiger partial charge >= 0.3 is 0 Å². The molecule has 1 aliphatic heterocycles. The van der Waals surface area contributed by atoms with Crippen molar-refractivity contribution in [3.8, 4) is 5.88 Å². The van der Waals surface area contributed by atoms with E-state index in [1.165, 1.54) is 6.42 Å². The number of hydrogen-bond acceptors (Lipinski definition) is 5. The Kier molecular flexibility index (Phi) is 4.98. The van der Waals surface area contributed by atoms with E-state index in [0.717, 1.165) is 36.4 Å². The highest BCUT2D eigenvalue weighted by Gasteiger charge is 2.16. The van der Waals surface area contributed by atoms with Crippen molar-refractivity contribution in [3.63, 3.8) is 0 Å². The van der Waals surface area contributed by atoms with Crippen LogP contribution in [0.3, 0.4) is 0 Å². The summed E-state index contributed by atoms with van der Waals surface area (Å²) in [7, 11) is 1.63. The van der Waals surface area contributed by atoms with Gasteiger partial charge in [0, 0.05) is 12.6 Å². The van der Waals surface area contributed by atoms with Gasteiger partial charge in [-0.15, -0.1) is 12.4 Å². The van der Waals surface area contributed by atoms with Gasteiger partial charge in [0.05, 0.1) is 18.1 Å². The summed E-state index contributed by atoms with van der Waals surface area (Å²) in [5.41, 5.74) is 1.74. The first-order chi connectivity index (χ1) is 9.36. The van der Waals surface area contributed by atoms with Gasteiger partial charge in [0.1, 0.15) is 0 Å². The minimum atomic E-state index is 0. The molecule has 6 heteroatoms. The van der Waals surface area contributed by atoms with Gasteiger partial charge in [-0.2, -0.15) is 0 Å². The normalized spacial score (nSPS) is 18.4. The summed E-state index contributed by atoms with van der Waals surface area (Å²) in [5, 5.41) is 6.81. The van der Waals surface area contributed by atoms with Crippen molar-refractivity contribution in [2.75, 3.05) is 25.5 Å². The Hall–Kier alpha value is -1.59. The second-order valence-electron chi connectivity index (χ2n) is 4.76. The number of aromatic nitrogens is 2. The zero-order valence-electron chi connectivity index (χ0n) is 11.4. The predicted molar refractivity (Wildman–Crippen MR) is 82.9 cm³/mol. The van der Waals surface area contributed by atoms with E-state index in [9.17, 15) is 0 Å². The maximum Gasteiger partial charge on any atom is 0.257 e. The van der Waals surface area contributed by atoms with Gasteiger partial charge < -0.3 is 15.4 Å². The fourth-order valence-corrected chi connectivity index (χ4v) is 2.39. The summed E-state index contributed by atoms with van der Waals surface area (Å²) in [4.78, 5) is 9.11. The van der Waals surface area contributed by atoms with Crippen LogP contribution < -0.4 is 15.4 Å². The third kappa shape index (κ3) is 3.11. The highest BCUT2D eigenvalue weighted by molar-refractivity contribution is 5.85. The Bertz CT molecular complexity index is 572. The molecule has 2 heterocycles. The molecule has 2 aromatic rings. The van der Waals surface area contributed by atoms with Crippen LogP contribution >= 0.6 is 12.4 Å². The molecule has 0 spiro atoms. The number of nitrogens with zero attached hydrogens (tertiary/aromatic N) is 2. The first-order valence-electron chi connectivity index (χ1n) is 6.65. The van der Waals surface area contributed by atoms with Crippen LogP contribution in [0.4, 0.5) is 5.82 Å². The molecule has 0 saturated carbocycles. The molecule has 0 amide bonds. The largest absolute Gasteiger partial charge is 0.478 e. The van der Waals surface area contributed by atoms with Gasteiger partial charge in [-0.25, -0.2) is 9.97 Å². The Balaban J connectivity index is 0.00000147. The molecule has 0 aliphatic carbocycles. The van der Waals surface area contributed by atoms with Crippen LogP contribution in [0.25, 0.3) is 11.0 Å². The van der Waals surface area contributed by atoms with Gasteiger partial charge in [0.15, 0.2) is 5.82 Å². The molecule has 0 bridgehead atoms. The first-order valence-corrected chi connectivity index (χ1v) is 6.65. The third-order valence-electron chi connectivity index (χ3n) is 3.37. The minimum absolute atomic E-state index is 0. The highest BCUT2D eigenvalue weighted by atomic mass is 35.5. The molecule has 1 aromatic carbocycles. The Morgan fingerprint density at radius 2 is 2.00 bits per heavy atom. The maximum atomic E-state index is 5.34. The van der Waals surface area contributed by atoms with E-state index in [1.807, 2.05) is 24.3 Å². The number of fused-ring (bicyclic) bond motifs is 1. The molecule has 1 fully saturated rings. The summed E-state index contributed by atoms with van der Waals surface area (Å²) in [6.07, 6.45) is 2.33. The lowest BCUT2D eigenvalue weighted by Gasteiger charge is -2.24. The average Bonchev–Trinajstić information content (AvgIpc) is 2.47. The van der Waals surface area contributed by atoms with Crippen molar-refractivity contribution in [3.05, 3.63) is 24.3 Å². The second kappa shape index (κ2) is 6.72. The molecule has 0 unspecified atom stereocenters. The van der Waals surface area contributed by atoms with E-state index >= 15 is 0 Å². The molecule has 5 nitrogen and oxygen atoms in total. The number of piperidine rings is 1. The lowest BCUT2D eigenvalue weighted by Crippen LogP contribution is -2.38. The molecule has 1 aliphatic rings. The Morgan fingerprint density at radius 1 is 1.25 bits per heavy atom. The van der Waals surface area contributed by atoms with E-state index < -0.39 is 0 Å². The Labute approximate surface area is 124 Å². The summed E-state index contributed by atoms with van der Waals surface area (Å²) in [6, 6.07) is 8.21. The van der Waals surface area contributed by atoms with Crippen LogP contribution in [0.1, 0.15) is 12.8 Å². The van der Waals surface area contributed by atoms with Crippen molar-refractivity contribution >= 4 is 29.3 Å². The molecule has 2 N–H and O–H groups in total. The molecule has 0 radical (unpaired) electrons. The predicted octanol–water partition coefficient (Wildman–Crippen LogP) is 2.22. The van der Waals surface area contributed by atoms with Gasteiger partial charge in [0.2, 0.25) is 0 Å². The van der Waals surface area contributed by atoms with E-state index in [4.69, 9.17) is 4.74 Å². The summed E-state index contributed by atoms with van der Waals surface area (Å²) >= 11 is 0. The van der Waals surface area contributed by atoms with Crippen molar-refractivity contribution < 1.29 is 4.74 Å². The van der Waals surface area contributed by atoms with Gasteiger partial charge in [-0.1, -0.05) is 12.1 Å². The van der Waals surface area contributed by atoms with Gasteiger partial charge in [-0.3, -0.25) is 0 Å².